The number of methoxy groups -OCH3 is 2. The highest BCUT2D eigenvalue weighted by Crippen LogP contribution is 2.42. The summed E-state index contributed by atoms with van der Waals surface area (Å²) in [6.45, 7) is 2.60. The van der Waals surface area contributed by atoms with Crippen molar-refractivity contribution >= 4 is 16.8 Å². The van der Waals surface area contributed by atoms with Gasteiger partial charge in [-0.3, -0.25) is 9.78 Å². The highest BCUT2D eigenvalue weighted by molar-refractivity contribution is 5.88. The number of hydrogen-bond acceptors (Lipinski definition) is 4. The third kappa shape index (κ3) is 4.70. The summed E-state index contributed by atoms with van der Waals surface area (Å²) in [5, 5.41) is 4.17. The Kier molecular flexibility index (Phi) is 6.93. The molecule has 4 rings (SSSR count). The van der Waals surface area contributed by atoms with Crippen LogP contribution >= 0.6 is 0 Å². The van der Waals surface area contributed by atoms with Crippen LogP contribution in [0.4, 0.5) is 0 Å². The van der Waals surface area contributed by atoms with Gasteiger partial charge in [-0.15, -0.1) is 0 Å². The lowest BCUT2D eigenvalue weighted by Crippen LogP contribution is -2.25. The van der Waals surface area contributed by atoms with Crippen LogP contribution in [0.5, 0.6) is 11.5 Å². The molecule has 2 aromatic carbocycles. The summed E-state index contributed by atoms with van der Waals surface area (Å²) >= 11 is 0. The van der Waals surface area contributed by atoms with E-state index in [1.807, 2.05) is 36.5 Å². The third-order valence-corrected chi connectivity index (χ3v) is 6.03. The molecule has 0 aliphatic heterocycles. The zero-order valence-corrected chi connectivity index (χ0v) is 19.2. The monoisotopic (exact) mass is 443 g/mol. The molecule has 4 aromatic rings. The Balaban J connectivity index is 1.73. The standard InChI is InChI=1S/C27H29N3O3/c1-4-19-7-5-8-20-23(17-30-26(19)20)22(21-9-6-10-24(32-2)27(21)33-3)15-25(31)29-16-18-11-13-28-14-12-18/h5-14,17,22,30H,4,15-16H2,1-3H3,(H,29,31)/t22-/m0/s1. The number of para-hydroxylation sites is 2. The van der Waals surface area contributed by atoms with Crippen molar-refractivity contribution < 1.29 is 14.3 Å². The van der Waals surface area contributed by atoms with Gasteiger partial charge in [-0.2, -0.15) is 0 Å². The molecule has 6 heteroatoms. The second kappa shape index (κ2) is 10.2. The van der Waals surface area contributed by atoms with E-state index in [0.717, 1.165) is 34.0 Å². The summed E-state index contributed by atoms with van der Waals surface area (Å²) in [7, 11) is 3.25. The Labute approximate surface area is 194 Å². The van der Waals surface area contributed by atoms with Gasteiger partial charge < -0.3 is 19.8 Å². The van der Waals surface area contributed by atoms with Gasteiger partial charge >= 0.3 is 0 Å². The molecule has 1 atom stereocenters. The van der Waals surface area contributed by atoms with Crippen molar-refractivity contribution in [2.24, 2.45) is 0 Å². The average Bonchev–Trinajstić information content (AvgIpc) is 3.30. The SMILES string of the molecule is CCc1cccc2c([C@@H](CC(=O)NCc3ccncc3)c3cccc(OC)c3OC)c[nH]c12. The van der Waals surface area contributed by atoms with Gasteiger partial charge in [0.05, 0.1) is 14.2 Å². The molecule has 0 aliphatic rings. The number of benzene rings is 2. The summed E-state index contributed by atoms with van der Waals surface area (Å²) in [6.07, 6.45) is 6.67. The van der Waals surface area contributed by atoms with E-state index in [-0.39, 0.29) is 18.2 Å². The molecule has 0 saturated heterocycles. The number of fused-ring (bicyclic) bond motifs is 1. The van der Waals surface area contributed by atoms with Crippen LogP contribution < -0.4 is 14.8 Å². The number of nitrogens with one attached hydrogen (secondary N) is 2. The molecule has 0 aliphatic carbocycles. The van der Waals surface area contributed by atoms with Crippen LogP contribution in [0.1, 0.15) is 41.5 Å². The third-order valence-electron chi connectivity index (χ3n) is 6.03. The number of pyridine rings is 1. The number of aromatic amines is 1. The van der Waals surface area contributed by atoms with E-state index in [0.29, 0.717) is 18.0 Å². The Morgan fingerprint density at radius 2 is 1.82 bits per heavy atom. The van der Waals surface area contributed by atoms with E-state index >= 15 is 0 Å². The van der Waals surface area contributed by atoms with Gasteiger partial charge in [0.1, 0.15) is 0 Å². The van der Waals surface area contributed by atoms with Gasteiger partial charge in [-0.25, -0.2) is 0 Å². The maximum Gasteiger partial charge on any atom is 0.221 e. The highest BCUT2D eigenvalue weighted by Gasteiger charge is 2.26. The molecule has 0 spiro atoms. The van der Waals surface area contributed by atoms with Gasteiger partial charge in [0, 0.05) is 53.9 Å². The van der Waals surface area contributed by atoms with Crippen molar-refractivity contribution in [2.45, 2.75) is 32.2 Å². The van der Waals surface area contributed by atoms with E-state index in [2.05, 4.69) is 40.4 Å². The Morgan fingerprint density at radius 1 is 1.03 bits per heavy atom. The first kappa shape index (κ1) is 22.4. The van der Waals surface area contributed by atoms with E-state index in [9.17, 15) is 4.79 Å². The van der Waals surface area contributed by atoms with Crippen LogP contribution in [0, 0.1) is 0 Å². The molecular weight excluding hydrogens is 414 g/mol. The molecule has 0 unspecified atom stereocenters. The second-order valence-corrected chi connectivity index (χ2v) is 7.91. The van der Waals surface area contributed by atoms with Crippen molar-refractivity contribution in [1.29, 1.82) is 0 Å². The number of nitrogens with zero attached hydrogens (tertiary/aromatic N) is 1. The van der Waals surface area contributed by atoms with Gasteiger partial charge in [-0.1, -0.05) is 37.3 Å². The summed E-state index contributed by atoms with van der Waals surface area (Å²) in [4.78, 5) is 20.6. The van der Waals surface area contributed by atoms with Gasteiger partial charge in [0.15, 0.2) is 11.5 Å². The van der Waals surface area contributed by atoms with Crippen molar-refractivity contribution in [3.05, 3.63) is 89.4 Å². The number of amides is 1. The molecule has 2 aromatic heterocycles. The van der Waals surface area contributed by atoms with E-state index in [4.69, 9.17) is 9.47 Å². The van der Waals surface area contributed by atoms with Crippen molar-refractivity contribution in [3.63, 3.8) is 0 Å². The maximum atomic E-state index is 13.1. The van der Waals surface area contributed by atoms with Crippen molar-refractivity contribution in [1.82, 2.24) is 15.3 Å². The molecular formula is C27H29N3O3. The van der Waals surface area contributed by atoms with E-state index in [1.165, 1.54) is 5.56 Å². The second-order valence-electron chi connectivity index (χ2n) is 7.91. The predicted molar refractivity (Wildman–Crippen MR) is 130 cm³/mol. The predicted octanol–water partition coefficient (Wildman–Crippen LogP) is 4.98. The minimum absolute atomic E-state index is 0.0392. The van der Waals surface area contributed by atoms with Crippen molar-refractivity contribution in [3.8, 4) is 11.5 Å². The summed E-state index contributed by atoms with van der Waals surface area (Å²) in [5.41, 5.74) is 5.34. The molecule has 0 saturated carbocycles. The molecule has 0 bridgehead atoms. The van der Waals surface area contributed by atoms with Gasteiger partial charge in [0.25, 0.3) is 0 Å². The first-order chi connectivity index (χ1) is 16.2. The van der Waals surface area contributed by atoms with E-state index in [1.54, 1.807) is 26.6 Å². The van der Waals surface area contributed by atoms with Crippen LogP contribution in [0.3, 0.4) is 0 Å². The first-order valence-corrected chi connectivity index (χ1v) is 11.1. The summed E-state index contributed by atoms with van der Waals surface area (Å²) in [6, 6.07) is 15.9. The minimum Gasteiger partial charge on any atom is -0.493 e. The van der Waals surface area contributed by atoms with Crippen LogP contribution in [0.15, 0.2) is 67.1 Å². The lowest BCUT2D eigenvalue weighted by Gasteiger charge is -2.21. The fourth-order valence-electron chi connectivity index (χ4n) is 4.35. The largest absolute Gasteiger partial charge is 0.493 e. The number of ether oxygens (including phenoxy) is 2. The number of H-pyrrole nitrogens is 1. The number of aryl methyl sites for hydroxylation is 1. The van der Waals surface area contributed by atoms with Crippen molar-refractivity contribution in [2.75, 3.05) is 14.2 Å². The molecule has 2 N–H and O–H groups in total. The summed E-state index contributed by atoms with van der Waals surface area (Å²) < 4.78 is 11.3. The topological polar surface area (TPSA) is 76.2 Å². The average molecular weight is 444 g/mol. The molecule has 2 heterocycles. The normalized spacial score (nSPS) is 11.8. The Morgan fingerprint density at radius 3 is 2.55 bits per heavy atom. The smallest absolute Gasteiger partial charge is 0.221 e. The van der Waals surface area contributed by atoms with Crippen LogP contribution in [-0.4, -0.2) is 30.1 Å². The zero-order valence-electron chi connectivity index (χ0n) is 19.2. The van der Waals surface area contributed by atoms with Crippen LogP contribution in [0.25, 0.3) is 10.9 Å². The number of carbonyl (C=O) groups excluding carboxylic acids is 1. The fraction of sp³-hybridized carbons (Fsp3) is 0.259. The van der Waals surface area contributed by atoms with E-state index < -0.39 is 0 Å². The Hall–Kier alpha value is -3.80. The lowest BCUT2D eigenvalue weighted by atomic mass is 9.86. The minimum atomic E-state index is -0.214. The highest BCUT2D eigenvalue weighted by atomic mass is 16.5. The molecule has 0 fully saturated rings. The Bertz CT molecular complexity index is 1230. The quantitative estimate of drug-likeness (QED) is 0.382. The number of hydrogen-bond donors (Lipinski definition) is 2. The zero-order chi connectivity index (χ0) is 23.2. The van der Waals surface area contributed by atoms with Gasteiger partial charge in [-0.05, 0) is 41.3 Å². The fourth-order valence-corrected chi connectivity index (χ4v) is 4.35. The summed E-state index contributed by atoms with van der Waals surface area (Å²) in [5.74, 6) is 1.04. The van der Waals surface area contributed by atoms with Gasteiger partial charge in [0.2, 0.25) is 5.91 Å². The number of aromatic nitrogens is 2. The maximum absolute atomic E-state index is 13.1. The lowest BCUT2D eigenvalue weighted by molar-refractivity contribution is -0.121. The molecule has 0 radical (unpaired) electrons. The first-order valence-electron chi connectivity index (χ1n) is 11.1. The number of carbonyl (C=O) groups is 1. The molecule has 6 nitrogen and oxygen atoms in total. The van der Waals surface area contributed by atoms with Crippen LogP contribution in [-0.2, 0) is 17.8 Å². The molecule has 170 valence electrons. The number of rotatable bonds is 9. The molecule has 1 amide bonds. The molecule has 33 heavy (non-hydrogen) atoms. The van der Waals surface area contributed by atoms with Crippen LogP contribution in [0.2, 0.25) is 0 Å².